The van der Waals surface area contributed by atoms with Gasteiger partial charge >= 0.3 is 0 Å². The van der Waals surface area contributed by atoms with Gasteiger partial charge in [0.25, 0.3) is 0 Å². The van der Waals surface area contributed by atoms with E-state index in [1.807, 2.05) is 43.3 Å². The van der Waals surface area contributed by atoms with Gasteiger partial charge in [-0.2, -0.15) is 0 Å². The summed E-state index contributed by atoms with van der Waals surface area (Å²) in [5, 5.41) is 1.28. The second kappa shape index (κ2) is 7.14. The van der Waals surface area contributed by atoms with E-state index in [4.69, 9.17) is 33.8 Å². The molecule has 2 aromatic rings. The fourth-order valence-corrected chi connectivity index (χ4v) is 2.81. The van der Waals surface area contributed by atoms with E-state index in [0.29, 0.717) is 16.5 Å². The molecule has 0 heterocycles. The Morgan fingerprint density at radius 3 is 2.43 bits per heavy atom. The van der Waals surface area contributed by atoms with Crippen LogP contribution >= 0.6 is 23.2 Å². The van der Waals surface area contributed by atoms with Gasteiger partial charge in [0.05, 0.1) is 13.2 Å². The van der Waals surface area contributed by atoms with E-state index in [0.717, 1.165) is 22.4 Å². The lowest BCUT2D eigenvalue weighted by Crippen LogP contribution is -2.29. The van der Waals surface area contributed by atoms with Gasteiger partial charge in [0.15, 0.2) is 0 Å². The Morgan fingerprint density at radius 1 is 1.19 bits per heavy atom. The van der Waals surface area contributed by atoms with Crippen LogP contribution in [0.5, 0.6) is 5.75 Å². The van der Waals surface area contributed by atoms with Crippen molar-refractivity contribution < 1.29 is 4.74 Å². The molecule has 0 saturated carbocycles. The smallest absolute Gasteiger partial charge is 0.122 e. The fourth-order valence-electron chi connectivity index (χ4n) is 2.26. The Morgan fingerprint density at radius 2 is 1.86 bits per heavy atom. The van der Waals surface area contributed by atoms with Gasteiger partial charge in [-0.05, 0) is 48.2 Å². The standard InChI is InChI=1S/C16H18Cl2N2O/c1-10-6-7-11(8-16(10)21-2)15(20-19)9-12-13(17)4-3-5-14(12)18/h3-8,15,20H,9,19H2,1-2H3. The zero-order valence-electron chi connectivity index (χ0n) is 12.0. The van der Waals surface area contributed by atoms with Crippen LogP contribution in [0.25, 0.3) is 0 Å². The number of halogens is 2. The zero-order chi connectivity index (χ0) is 15.4. The molecule has 0 saturated heterocycles. The highest BCUT2D eigenvalue weighted by Gasteiger charge is 2.16. The molecule has 0 spiro atoms. The first-order chi connectivity index (χ1) is 10.1. The number of hydrazine groups is 1. The van der Waals surface area contributed by atoms with Crippen molar-refractivity contribution in [2.45, 2.75) is 19.4 Å². The molecule has 0 aromatic heterocycles. The molecule has 0 aliphatic rings. The van der Waals surface area contributed by atoms with Gasteiger partial charge in [-0.25, -0.2) is 0 Å². The maximum absolute atomic E-state index is 6.22. The van der Waals surface area contributed by atoms with Crippen molar-refractivity contribution in [3.05, 3.63) is 63.1 Å². The van der Waals surface area contributed by atoms with E-state index < -0.39 is 0 Å². The zero-order valence-corrected chi connectivity index (χ0v) is 13.5. The van der Waals surface area contributed by atoms with Gasteiger partial charge in [-0.15, -0.1) is 0 Å². The van der Waals surface area contributed by atoms with Crippen LogP contribution in [-0.4, -0.2) is 7.11 Å². The molecular formula is C16H18Cl2N2O. The van der Waals surface area contributed by atoms with Crippen molar-refractivity contribution in [1.29, 1.82) is 0 Å². The van der Waals surface area contributed by atoms with Crippen molar-refractivity contribution in [2.24, 2.45) is 5.84 Å². The third-order valence-corrected chi connectivity index (χ3v) is 4.21. The molecule has 112 valence electrons. The quantitative estimate of drug-likeness (QED) is 0.644. The lowest BCUT2D eigenvalue weighted by Gasteiger charge is -2.19. The van der Waals surface area contributed by atoms with E-state index in [2.05, 4.69) is 5.43 Å². The van der Waals surface area contributed by atoms with E-state index in [1.165, 1.54) is 0 Å². The first-order valence-electron chi connectivity index (χ1n) is 6.60. The number of aryl methyl sites for hydroxylation is 1. The summed E-state index contributed by atoms with van der Waals surface area (Å²) in [6, 6.07) is 11.4. The molecule has 0 radical (unpaired) electrons. The number of methoxy groups -OCH3 is 1. The molecule has 0 aliphatic heterocycles. The maximum atomic E-state index is 6.22. The predicted octanol–water partition coefficient (Wildman–Crippen LogP) is 4.06. The van der Waals surface area contributed by atoms with E-state index >= 15 is 0 Å². The van der Waals surface area contributed by atoms with Gasteiger partial charge in [0.2, 0.25) is 0 Å². The van der Waals surface area contributed by atoms with Crippen LogP contribution in [0.2, 0.25) is 10.0 Å². The topological polar surface area (TPSA) is 47.3 Å². The molecule has 3 nitrogen and oxygen atoms in total. The molecule has 0 bridgehead atoms. The molecular weight excluding hydrogens is 307 g/mol. The second-order valence-electron chi connectivity index (χ2n) is 4.85. The normalized spacial score (nSPS) is 12.2. The molecule has 0 aliphatic carbocycles. The molecule has 2 rings (SSSR count). The van der Waals surface area contributed by atoms with Crippen LogP contribution in [0.3, 0.4) is 0 Å². The molecule has 21 heavy (non-hydrogen) atoms. The number of nitrogens with one attached hydrogen (secondary N) is 1. The number of hydrogen-bond acceptors (Lipinski definition) is 3. The molecule has 5 heteroatoms. The Labute approximate surface area is 135 Å². The van der Waals surface area contributed by atoms with Gasteiger partial charge in [0, 0.05) is 10.0 Å². The first-order valence-corrected chi connectivity index (χ1v) is 7.36. The summed E-state index contributed by atoms with van der Waals surface area (Å²) in [6.45, 7) is 2.00. The number of hydrogen-bond donors (Lipinski definition) is 2. The van der Waals surface area contributed by atoms with Gasteiger partial charge in [-0.3, -0.25) is 11.3 Å². The minimum absolute atomic E-state index is 0.100. The summed E-state index contributed by atoms with van der Waals surface area (Å²) in [5.74, 6) is 6.54. The Hall–Kier alpha value is -1.26. The number of ether oxygens (including phenoxy) is 1. The molecule has 1 unspecified atom stereocenters. The average Bonchev–Trinajstić information content (AvgIpc) is 2.48. The van der Waals surface area contributed by atoms with Crippen molar-refractivity contribution in [1.82, 2.24) is 5.43 Å². The lowest BCUT2D eigenvalue weighted by molar-refractivity contribution is 0.410. The number of nitrogens with two attached hydrogens (primary N) is 1. The monoisotopic (exact) mass is 324 g/mol. The summed E-state index contributed by atoms with van der Waals surface area (Å²) in [4.78, 5) is 0. The molecule has 1 atom stereocenters. The van der Waals surface area contributed by atoms with Gasteiger partial charge in [0.1, 0.15) is 5.75 Å². The molecule has 0 fully saturated rings. The Balaban J connectivity index is 2.32. The highest BCUT2D eigenvalue weighted by atomic mass is 35.5. The summed E-state index contributed by atoms with van der Waals surface area (Å²) in [6.07, 6.45) is 0.598. The molecule has 3 N–H and O–H groups in total. The van der Waals surface area contributed by atoms with E-state index in [1.54, 1.807) is 7.11 Å². The molecule has 0 amide bonds. The fraction of sp³-hybridized carbons (Fsp3) is 0.250. The van der Waals surface area contributed by atoms with Crippen LogP contribution in [0.15, 0.2) is 36.4 Å². The van der Waals surface area contributed by atoms with Gasteiger partial charge in [-0.1, -0.05) is 41.4 Å². The lowest BCUT2D eigenvalue weighted by atomic mass is 9.98. The third kappa shape index (κ3) is 3.69. The molecule has 2 aromatic carbocycles. The second-order valence-corrected chi connectivity index (χ2v) is 5.67. The number of benzene rings is 2. The third-order valence-electron chi connectivity index (χ3n) is 3.51. The Kier molecular flexibility index (Phi) is 5.48. The highest BCUT2D eigenvalue weighted by Crippen LogP contribution is 2.30. The van der Waals surface area contributed by atoms with Crippen LogP contribution in [-0.2, 0) is 6.42 Å². The number of rotatable bonds is 5. The van der Waals surface area contributed by atoms with Crippen molar-refractivity contribution >= 4 is 23.2 Å². The maximum Gasteiger partial charge on any atom is 0.122 e. The van der Waals surface area contributed by atoms with E-state index in [-0.39, 0.29) is 6.04 Å². The highest BCUT2D eigenvalue weighted by molar-refractivity contribution is 6.36. The van der Waals surface area contributed by atoms with Crippen molar-refractivity contribution in [2.75, 3.05) is 7.11 Å². The summed E-state index contributed by atoms with van der Waals surface area (Å²) in [5.41, 5.74) is 5.80. The van der Waals surface area contributed by atoms with Crippen LogP contribution in [0.1, 0.15) is 22.7 Å². The minimum Gasteiger partial charge on any atom is -0.496 e. The van der Waals surface area contributed by atoms with Crippen LogP contribution < -0.4 is 16.0 Å². The van der Waals surface area contributed by atoms with Crippen molar-refractivity contribution in [3.63, 3.8) is 0 Å². The predicted molar refractivity (Wildman–Crippen MR) is 88.0 cm³/mol. The van der Waals surface area contributed by atoms with Gasteiger partial charge < -0.3 is 4.74 Å². The first kappa shape index (κ1) is 16.1. The average molecular weight is 325 g/mol. The summed E-state index contributed by atoms with van der Waals surface area (Å²) >= 11 is 12.4. The van der Waals surface area contributed by atoms with E-state index in [9.17, 15) is 0 Å². The largest absolute Gasteiger partial charge is 0.496 e. The SMILES string of the molecule is COc1cc(C(Cc2c(Cl)cccc2Cl)NN)ccc1C. The Bertz CT molecular complexity index is 611. The summed E-state index contributed by atoms with van der Waals surface area (Å²) in [7, 11) is 1.65. The van der Waals surface area contributed by atoms with Crippen molar-refractivity contribution in [3.8, 4) is 5.75 Å². The van der Waals surface area contributed by atoms with Crippen LogP contribution in [0.4, 0.5) is 0 Å². The van der Waals surface area contributed by atoms with Crippen LogP contribution in [0, 0.1) is 6.92 Å². The minimum atomic E-state index is -0.100. The summed E-state index contributed by atoms with van der Waals surface area (Å²) < 4.78 is 5.36.